The second-order valence-electron chi connectivity index (χ2n) is 3.56. The Hall–Kier alpha value is -0.490. The van der Waals surface area contributed by atoms with Crippen LogP contribution < -0.4 is 0 Å². The van der Waals surface area contributed by atoms with Gasteiger partial charge in [-0.1, -0.05) is 0 Å². The highest BCUT2D eigenvalue weighted by molar-refractivity contribution is 5.79. The van der Waals surface area contributed by atoms with Crippen molar-refractivity contribution in [3.8, 4) is 0 Å². The quantitative estimate of drug-likeness (QED) is 0.438. The van der Waals surface area contributed by atoms with Gasteiger partial charge in [-0.25, -0.2) is 0 Å². The van der Waals surface area contributed by atoms with E-state index >= 15 is 0 Å². The molecule has 0 heterocycles. The molecule has 0 aromatic carbocycles. The second kappa shape index (κ2) is 6.08. The minimum Gasteiger partial charge on any atom is -0.391 e. The molecule has 5 heteroatoms. The largest absolute Gasteiger partial charge is 0.391 e. The third-order valence-corrected chi connectivity index (χ3v) is 1.99. The molecule has 84 valence electrons. The number of rotatable bonds is 6. The van der Waals surface area contributed by atoms with Crippen LogP contribution >= 0.6 is 0 Å². The summed E-state index contributed by atoms with van der Waals surface area (Å²) in [5, 5.41) is 36.1. The molecule has 0 rings (SSSR count). The summed E-state index contributed by atoms with van der Waals surface area (Å²) in [6.45, 7) is 2.76. The summed E-state index contributed by atoms with van der Waals surface area (Å²) in [7, 11) is 0. The fraction of sp³-hybridized carbons (Fsp3) is 0.889. The van der Waals surface area contributed by atoms with Gasteiger partial charge in [0.2, 0.25) is 0 Å². The van der Waals surface area contributed by atoms with E-state index in [0.29, 0.717) is 0 Å². The maximum absolute atomic E-state index is 11.1. The maximum Gasteiger partial charge on any atom is 0.138 e. The third kappa shape index (κ3) is 5.29. The maximum atomic E-state index is 11.1. The minimum absolute atomic E-state index is 0.207. The van der Waals surface area contributed by atoms with Crippen LogP contribution in [0.1, 0.15) is 26.7 Å². The molecule has 4 atom stereocenters. The number of hydrogen-bond acceptors (Lipinski definition) is 5. The minimum atomic E-state index is -1.11. The molecule has 0 saturated carbocycles. The summed E-state index contributed by atoms with van der Waals surface area (Å²) in [5.41, 5.74) is 0. The van der Waals surface area contributed by atoms with Crippen LogP contribution in [0.4, 0.5) is 0 Å². The highest BCUT2D eigenvalue weighted by Crippen LogP contribution is 2.06. The van der Waals surface area contributed by atoms with E-state index in [9.17, 15) is 4.79 Å². The standard InChI is InChI=1S/C9H18O5/c1-5(10)8(13)3-7(12)4-9(14)6(2)11/h5-6,8-11,13-14H,3-4H2,1-2H3. The fourth-order valence-electron chi connectivity index (χ4n) is 0.891. The van der Waals surface area contributed by atoms with Crippen molar-refractivity contribution in [3.05, 3.63) is 0 Å². The Kier molecular flexibility index (Phi) is 5.87. The predicted octanol–water partition coefficient (Wildman–Crippen LogP) is -1.18. The number of carbonyl (C=O) groups excluding carboxylic acids is 1. The predicted molar refractivity (Wildman–Crippen MR) is 49.6 cm³/mol. The van der Waals surface area contributed by atoms with Gasteiger partial charge in [-0.05, 0) is 13.8 Å². The Labute approximate surface area is 83.0 Å². The van der Waals surface area contributed by atoms with Gasteiger partial charge in [-0.15, -0.1) is 0 Å². The second-order valence-corrected chi connectivity index (χ2v) is 3.56. The molecule has 0 aliphatic heterocycles. The number of carbonyl (C=O) groups is 1. The molecule has 0 spiro atoms. The molecule has 0 radical (unpaired) electrons. The average Bonchev–Trinajstić information content (AvgIpc) is 2.03. The van der Waals surface area contributed by atoms with E-state index in [1.165, 1.54) is 13.8 Å². The van der Waals surface area contributed by atoms with Gasteiger partial charge in [0.15, 0.2) is 0 Å². The van der Waals surface area contributed by atoms with Gasteiger partial charge in [0.05, 0.1) is 24.4 Å². The van der Waals surface area contributed by atoms with E-state index in [1.807, 2.05) is 0 Å². The monoisotopic (exact) mass is 206 g/mol. The van der Waals surface area contributed by atoms with Gasteiger partial charge in [-0.3, -0.25) is 4.79 Å². The van der Waals surface area contributed by atoms with E-state index in [2.05, 4.69) is 0 Å². The number of ketones is 1. The van der Waals surface area contributed by atoms with Crippen LogP contribution in [0.5, 0.6) is 0 Å². The highest BCUT2D eigenvalue weighted by atomic mass is 16.3. The van der Waals surface area contributed by atoms with Gasteiger partial charge in [0, 0.05) is 12.8 Å². The van der Waals surface area contributed by atoms with Crippen molar-refractivity contribution in [2.24, 2.45) is 0 Å². The smallest absolute Gasteiger partial charge is 0.138 e. The summed E-state index contributed by atoms with van der Waals surface area (Å²) < 4.78 is 0. The lowest BCUT2D eigenvalue weighted by Gasteiger charge is -2.15. The Bertz CT molecular complexity index is 160. The first-order chi connectivity index (χ1) is 6.34. The van der Waals surface area contributed by atoms with Crippen LogP contribution in [-0.2, 0) is 4.79 Å². The van der Waals surface area contributed by atoms with Crippen molar-refractivity contribution < 1.29 is 25.2 Å². The van der Waals surface area contributed by atoms with Crippen molar-refractivity contribution in [2.45, 2.75) is 51.1 Å². The number of aliphatic hydroxyl groups excluding tert-OH is 4. The number of aliphatic hydroxyl groups is 4. The number of Topliss-reactive ketones (excluding diaryl/α,β-unsaturated/α-hetero) is 1. The molecule has 0 amide bonds. The van der Waals surface area contributed by atoms with Crippen molar-refractivity contribution in [1.82, 2.24) is 0 Å². The van der Waals surface area contributed by atoms with Crippen molar-refractivity contribution >= 4 is 5.78 Å². The Balaban J connectivity index is 3.87. The Morgan fingerprint density at radius 1 is 0.929 bits per heavy atom. The lowest BCUT2D eigenvalue weighted by atomic mass is 10.0. The van der Waals surface area contributed by atoms with Gasteiger partial charge in [0.1, 0.15) is 5.78 Å². The van der Waals surface area contributed by atoms with Crippen LogP contribution in [0.2, 0.25) is 0 Å². The van der Waals surface area contributed by atoms with Crippen LogP contribution in [0, 0.1) is 0 Å². The summed E-state index contributed by atoms with van der Waals surface area (Å²) in [4.78, 5) is 11.1. The molecule has 0 saturated heterocycles. The molecule has 0 aromatic rings. The zero-order chi connectivity index (χ0) is 11.3. The van der Waals surface area contributed by atoms with E-state index in [-0.39, 0.29) is 18.6 Å². The van der Waals surface area contributed by atoms with E-state index in [4.69, 9.17) is 20.4 Å². The summed E-state index contributed by atoms with van der Waals surface area (Å²) in [5.74, 6) is -0.383. The van der Waals surface area contributed by atoms with Crippen LogP contribution in [0.25, 0.3) is 0 Å². The van der Waals surface area contributed by atoms with E-state index in [1.54, 1.807) is 0 Å². The van der Waals surface area contributed by atoms with Crippen LogP contribution in [0.15, 0.2) is 0 Å². The Morgan fingerprint density at radius 3 is 1.43 bits per heavy atom. The molecular weight excluding hydrogens is 188 g/mol. The molecule has 4 N–H and O–H groups in total. The van der Waals surface area contributed by atoms with Gasteiger partial charge >= 0.3 is 0 Å². The lowest BCUT2D eigenvalue weighted by Crippen LogP contribution is -2.30. The molecule has 4 unspecified atom stereocenters. The highest BCUT2D eigenvalue weighted by Gasteiger charge is 2.20. The summed E-state index contributed by atoms with van der Waals surface area (Å²) >= 11 is 0. The third-order valence-electron chi connectivity index (χ3n) is 1.99. The molecule has 0 bridgehead atoms. The zero-order valence-electron chi connectivity index (χ0n) is 8.42. The topological polar surface area (TPSA) is 98.0 Å². The molecule has 0 fully saturated rings. The normalized spacial score (nSPS) is 19.9. The molecular formula is C9H18O5. The van der Waals surface area contributed by atoms with Crippen molar-refractivity contribution in [2.75, 3.05) is 0 Å². The molecule has 0 aliphatic rings. The summed E-state index contributed by atoms with van der Waals surface area (Å²) in [6, 6.07) is 0. The molecule has 5 nitrogen and oxygen atoms in total. The molecule has 14 heavy (non-hydrogen) atoms. The summed E-state index contributed by atoms with van der Waals surface area (Å²) in [6.07, 6.45) is -4.57. The Morgan fingerprint density at radius 2 is 1.21 bits per heavy atom. The lowest BCUT2D eigenvalue weighted by molar-refractivity contribution is -0.126. The van der Waals surface area contributed by atoms with Crippen molar-refractivity contribution in [3.63, 3.8) is 0 Å². The fourth-order valence-corrected chi connectivity index (χ4v) is 0.891. The first kappa shape index (κ1) is 13.5. The van der Waals surface area contributed by atoms with Gasteiger partial charge < -0.3 is 20.4 Å². The first-order valence-corrected chi connectivity index (χ1v) is 4.58. The zero-order valence-corrected chi connectivity index (χ0v) is 8.42. The van der Waals surface area contributed by atoms with Crippen LogP contribution in [0.3, 0.4) is 0 Å². The molecule has 0 aliphatic carbocycles. The number of hydrogen-bond donors (Lipinski definition) is 4. The SMILES string of the molecule is CC(O)C(O)CC(=O)CC(O)C(C)O. The van der Waals surface area contributed by atoms with Gasteiger partial charge in [0.25, 0.3) is 0 Å². The van der Waals surface area contributed by atoms with Crippen molar-refractivity contribution in [1.29, 1.82) is 0 Å². The van der Waals surface area contributed by atoms with Crippen LogP contribution in [-0.4, -0.2) is 50.6 Å². The van der Waals surface area contributed by atoms with E-state index < -0.39 is 24.4 Å². The first-order valence-electron chi connectivity index (χ1n) is 4.58. The van der Waals surface area contributed by atoms with E-state index in [0.717, 1.165) is 0 Å². The molecule has 0 aromatic heterocycles. The van der Waals surface area contributed by atoms with Gasteiger partial charge in [-0.2, -0.15) is 0 Å². The average molecular weight is 206 g/mol.